The molecule has 5 nitrogen and oxygen atoms in total. The summed E-state index contributed by atoms with van der Waals surface area (Å²) in [5.74, 6) is 0.129. The Hall–Kier alpha value is -1.14. The molecule has 2 aliphatic rings. The minimum absolute atomic E-state index is 0.0187. The molecule has 2 fully saturated rings. The molecule has 3 rings (SSSR count). The van der Waals surface area contributed by atoms with Crippen molar-refractivity contribution in [2.75, 3.05) is 19.8 Å². The lowest BCUT2D eigenvalue weighted by Gasteiger charge is -2.21. The van der Waals surface area contributed by atoms with E-state index in [-0.39, 0.29) is 11.8 Å². The first kappa shape index (κ1) is 16.7. The molecule has 0 bridgehead atoms. The summed E-state index contributed by atoms with van der Waals surface area (Å²) >= 11 is 1.80. The number of aromatic nitrogens is 2. The van der Waals surface area contributed by atoms with Crippen molar-refractivity contribution in [3.8, 4) is 0 Å². The third-order valence-electron chi connectivity index (χ3n) is 4.50. The average molecular weight is 335 g/mol. The van der Waals surface area contributed by atoms with Gasteiger partial charge >= 0.3 is 0 Å². The summed E-state index contributed by atoms with van der Waals surface area (Å²) in [5, 5.41) is 4.57. The lowest BCUT2D eigenvalue weighted by molar-refractivity contribution is -0.128. The van der Waals surface area contributed by atoms with Gasteiger partial charge in [0.05, 0.1) is 12.5 Å². The van der Waals surface area contributed by atoms with Crippen LogP contribution in [0.3, 0.4) is 0 Å². The van der Waals surface area contributed by atoms with Gasteiger partial charge in [0, 0.05) is 30.8 Å². The van der Waals surface area contributed by atoms with Crippen molar-refractivity contribution in [2.45, 2.75) is 55.4 Å². The van der Waals surface area contributed by atoms with Crippen LogP contribution in [0.5, 0.6) is 0 Å². The standard InChI is InChI=1S/C17H25N3O2S/c21-16(14-4-3-9-22-12-14)18-8-7-13-10-19-17(20-11-13)23-15-5-1-2-6-15/h10-11,14-15H,1-9,12H2,(H,18,21)/t14-/m1/s1. The molecule has 1 atom stereocenters. The topological polar surface area (TPSA) is 64.1 Å². The molecule has 1 aromatic heterocycles. The van der Waals surface area contributed by atoms with Gasteiger partial charge in [-0.1, -0.05) is 24.6 Å². The smallest absolute Gasteiger partial charge is 0.225 e. The molecular formula is C17H25N3O2S. The normalized spacial score (nSPS) is 22.2. The predicted molar refractivity (Wildman–Crippen MR) is 90.4 cm³/mol. The third-order valence-corrected chi connectivity index (χ3v) is 5.73. The van der Waals surface area contributed by atoms with Crippen LogP contribution >= 0.6 is 11.8 Å². The predicted octanol–water partition coefficient (Wildman–Crippen LogP) is 2.60. The molecule has 1 amide bonds. The molecule has 1 saturated carbocycles. The van der Waals surface area contributed by atoms with Crippen molar-refractivity contribution >= 4 is 17.7 Å². The summed E-state index contributed by atoms with van der Waals surface area (Å²) in [7, 11) is 0. The Labute approximate surface area is 142 Å². The molecule has 0 unspecified atom stereocenters. The molecule has 1 N–H and O–H groups in total. The number of thioether (sulfide) groups is 1. The zero-order valence-electron chi connectivity index (χ0n) is 13.5. The van der Waals surface area contributed by atoms with Crippen LogP contribution in [0, 0.1) is 5.92 Å². The fourth-order valence-electron chi connectivity index (χ4n) is 3.11. The Bertz CT molecular complexity index is 497. The van der Waals surface area contributed by atoms with Crippen molar-refractivity contribution in [2.24, 2.45) is 5.92 Å². The molecule has 1 aliphatic heterocycles. The maximum Gasteiger partial charge on any atom is 0.225 e. The molecule has 1 aliphatic carbocycles. The van der Waals surface area contributed by atoms with Gasteiger partial charge in [0.2, 0.25) is 5.91 Å². The molecule has 126 valence electrons. The zero-order valence-corrected chi connectivity index (χ0v) is 14.3. The van der Waals surface area contributed by atoms with Crippen LogP contribution < -0.4 is 5.32 Å². The van der Waals surface area contributed by atoms with Crippen molar-refractivity contribution in [1.82, 2.24) is 15.3 Å². The Morgan fingerprint density at radius 2 is 2.00 bits per heavy atom. The van der Waals surface area contributed by atoms with Crippen LogP contribution in [0.4, 0.5) is 0 Å². The second kappa shape index (κ2) is 8.64. The van der Waals surface area contributed by atoms with E-state index in [1.807, 2.05) is 12.4 Å². The monoisotopic (exact) mass is 335 g/mol. The van der Waals surface area contributed by atoms with E-state index in [0.29, 0.717) is 18.4 Å². The van der Waals surface area contributed by atoms with Crippen LogP contribution in [-0.2, 0) is 16.0 Å². The highest BCUT2D eigenvalue weighted by molar-refractivity contribution is 7.99. The van der Waals surface area contributed by atoms with Crippen LogP contribution in [0.15, 0.2) is 17.6 Å². The Morgan fingerprint density at radius 1 is 1.22 bits per heavy atom. The second-order valence-electron chi connectivity index (χ2n) is 6.35. The summed E-state index contributed by atoms with van der Waals surface area (Å²) < 4.78 is 5.35. The highest BCUT2D eigenvalue weighted by atomic mass is 32.2. The van der Waals surface area contributed by atoms with Gasteiger partial charge in [-0.2, -0.15) is 0 Å². The van der Waals surface area contributed by atoms with E-state index >= 15 is 0 Å². The number of carbonyl (C=O) groups is 1. The van der Waals surface area contributed by atoms with Crippen LogP contribution in [0.25, 0.3) is 0 Å². The number of carbonyl (C=O) groups excluding carboxylic acids is 1. The van der Waals surface area contributed by atoms with Gasteiger partial charge in [-0.15, -0.1) is 0 Å². The molecule has 6 heteroatoms. The molecule has 0 spiro atoms. The molecule has 23 heavy (non-hydrogen) atoms. The first-order valence-electron chi connectivity index (χ1n) is 8.64. The van der Waals surface area contributed by atoms with Crippen molar-refractivity contribution in [1.29, 1.82) is 0 Å². The number of amides is 1. The van der Waals surface area contributed by atoms with Gasteiger partial charge in [0.1, 0.15) is 0 Å². The van der Waals surface area contributed by atoms with Gasteiger partial charge < -0.3 is 10.1 Å². The minimum atomic E-state index is 0.0187. The Morgan fingerprint density at radius 3 is 2.70 bits per heavy atom. The van der Waals surface area contributed by atoms with E-state index < -0.39 is 0 Å². The molecule has 1 aromatic rings. The van der Waals surface area contributed by atoms with E-state index in [1.54, 1.807) is 11.8 Å². The quantitative estimate of drug-likeness (QED) is 0.810. The number of ether oxygens (including phenoxy) is 1. The second-order valence-corrected chi connectivity index (χ2v) is 7.62. The average Bonchev–Trinajstić information content (AvgIpc) is 3.10. The van der Waals surface area contributed by atoms with Crippen molar-refractivity contribution < 1.29 is 9.53 Å². The lowest BCUT2D eigenvalue weighted by atomic mass is 10.0. The number of hydrogen-bond donors (Lipinski definition) is 1. The summed E-state index contributed by atoms with van der Waals surface area (Å²) in [5.41, 5.74) is 1.07. The lowest BCUT2D eigenvalue weighted by Crippen LogP contribution is -2.36. The number of nitrogens with zero attached hydrogens (tertiary/aromatic N) is 2. The van der Waals surface area contributed by atoms with Gasteiger partial charge in [-0.25, -0.2) is 9.97 Å². The number of rotatable bonds is 6. The fraction of sp³-hybridized carbons (Fsp3) is 0.706. The zero-order chi connectivity index (χ0) is 15.9. The third kappa shape index (κ3) is 5.18. The molecular weight excluding hydrogens is 310 g/mol. The molecule has 0 radical (unpaired) electrons. The van der Waals surface area contributed by atoms with Gasteiger partial charge in [-0.3, -0.25) is 4.79 Å². The SMILES string of the molecule is O=C(NCCc1cnc(SC2CCCC2)nc1)[C@@H]1CCCOC1. The summed E-state index contributed by atoms with van der Waals surface area (Å²) in [6.45, 7) is 1.97. The Balaban J connectivity index is 1.38. The van der Waals surface area contributed by atoms with E-state index in [0.717, 1.165) is 36.6 Å². The highest BCUT2D eigenvalue weighted by Crippen LogP contribution is 2.32. The van der Waals surface area contributed by atoms with Crippen molar-refractivity contribution in [3.63, 3.8) is 0 Å². The van der Waals surface area contributed by atoms with Gasteiger partial charge in [0.25, 0.3) is 0 Å². The van der Waals surface area contributed by atoms with Crippen LogP contribution in [0.2, 0.25) is 0 Å². The first-order chi connectivity index (χ1) is 11.3. The van der Waals surface area contributed by atoms with Crippen molar-refractivity contribution in [3.05, 3.63) is 18.0 Å². The summed E-state index contributed by atoms with van der Waals surface area (Å²) in [6, 6.07) is 0. The molecule has 0 aromatic carbocycles. The highest BCUT2D eigenvalue weighted by Gasteiger charge is 2.21. The van der Waals surface area contributed by atoms with Gasteiger partial charge in [-0.05, 0) is 37.7 Å². The van der Waals surface area contributed by atoms with E-state index in [2.05, 4.69) is 15.3 Å². The number of hydrogen-bond acceptors (Lipinski definition) is 5. The fourth-order valence-corrected chi connectivity index (χ4v) is 4.20. The maximum atomic E-state index is 12.0. The molecule has 1 saturated heterocycles. The van der Waals surface area contributed by atoms with E-state index in [1.165, 1.54) is 25.7 Å². The van der Waals surface area contributed by atoms with E-state index in [9.17, 15) is 4.79 Å². The van der Waals surface area contributed by atoms with Crippen LogP contribution in [0.1, 0.15) is 44.1 Å². The Kier molecular flexibility index (Phi) is 6.28. The van der Waals surface area contributed by atoms with E-state index in [4.69, 9.17) is 4.74 Å². The first-order valence-corrected chi connectivity index (χ1v) is 9.52. The van der Waals surface area contributed by atoms with Gasteiger partial charge in [0.15, 0.2) is 5.16 Å². The van der Waals surface area contributed by atoms with Crippen LogP contribution in [-0.4, -0.2) is 40.9 Å². The molecule has 2 heterocycles. The number of nitrogens with one attached hydrogen (secondary N) is 1. The largest absolute Gasteiger partial charge is 0.381 e. The maximum absolute atomic E-state index is 12.0. The summed E-state index contributed by atoms with van der Waals surface area (Å²) in [4.78, 5) is 20.9. The minimum Gasteiger partial charge on any atom is -0.381 e. The summed E-state index contributed by atoms with van der Waals surface area (Å²) in [6.07, 6.45) is 11.7.